The Balaban J connectivity index is 1.67. The molecule has 0 saturated carbocycles. The third-order valence-corrected chi connectivity index (χ3v) is 7.73. The molecule has 1 aliphatic heterocycles. The van der Waals surface area contributed by atoms with Crippen LogP contribution in [0.1, 0.15) is 44.4 Å². The highest BCUT2D eigenvalue weighted by molar-refractivity contribution is 6.10. The Morgan fingerprint density at radius 2 is 1.51 bits per heavy atom. The van der Waals surface area contributed by atoms with Crippen molar-refractivity contribution in [2.75, 3.05) is 0 Å². The molecule has 3 nitrogen and oxygen atoms in total. The van der Waals surface area contributed by atoms with Gasteiger partial charge < -0.3 is 4.42 Å². The molecule has 0 amide bonds. The Hall–Kier alpha value is -3.85. The van der Waals surface area contributed by atoms with Crippen LogP contribution in [0.4, 0.5) is 0 Å². The van der Waals surface area contributed by atoms with Crippen molar-refractivity contribution in [3.05, 3.63) is 95.6 Å². The average Bonchev–Trinajstić information content (AvgIpc) is 3.53. The molecule has 0 saturated heterocycles. The first kappa shape index (κ1) is 22.4. The highest BCUT2D eigenvalue weighted by atomic mass is 16.3. The van der Waals surface area contributed by atoms with Gasteiger partial charge in [-0.1, -0.05) is 82.3 Å². The van der Waals surface area contributed by atoms with Gasteiger partial charge in [0.05, 0.1) is 5.56 Å². The van der Waals surface area contributed by atoms with Crippen molar-refractivity contribution in [3.63, 3.8) is 0 Å². The Bertz CT molecular complexity index is 1820. The Labute approximate surface area is 218 Å². The summed E-state index contributed by atoms with van der Waals surface area (Å²) < 4.78 is 11.8. The van der Waals surface area contributed by atoms with Crippen molar-refractivity contribution in [3.8, 4) is 17.1 Å². The van der Waals surface area contributed by atoms with Crippen molar-refractivity contribution < 1.29 is 8.98 Å². The number of rotatable bonds is 5. The van der Waals surface area contributed by atoms with Crippen LogP contribution in [0.15, 0.2) is 83.3 Å². The molecule has 0 atom stereocenters. The number of nitrogens with zero attached hydrogens (tertiary/aromatic N) is 2. The molecule has 1 aliphatic rings. The summed E-state index contributed by atoms with van der Waals surface area (Å²) in [6.07, 6.45) is 2.04. The van der Waals surface area contributed by atoms with Gasteiger partial charge in [-0.05, 0) is 54.5 Å². The number of fused-ring (bicyclic) bond motifs is 8. The molecule has 3 heteroatoms. The second-order valence-corrected chi connectivity index (χ2v) is 11.4. The smallest absolute Gasteiger partial charge is 0.295 e. The van der Waals surface area contributed by atoms with Gasteiger partial charge in [0.25, 0.3) is 5.82 Å². The Morgan fingerprint density at radius 1 is 0.811 bits per heavy atom. The van der Waals surface area contributed by atoms with E-state index in [1.807, 2.05) is 0 Å². The van der Waals surface area contributed by atoms with E-state index in [9.17, 15) is 0 Å². The topological polar surface area (TPSA) is 21.9 Å². The fraction of sp³-hybridized carbons (Fsp3) is 0.265. The highest BCUT2D eigenvalue weighted by Crippen LogP contribution is 2.42. The molecule has 0 bridgehead atoms. The second-order valence-electron chi connectivity index (χ2n) is 11.4. The molecular formula is C34H33N2O+. The summed E-state index contributed by atoms with van der Waals surface area (Å²) in [4.78, 5) is 0. The van der Waals surface area contributed by atoms with Gasteiger partial charge in [-0.2, -0.15) is 4.57 Å². The lowest BCUT2D eigenvalue weighted by Gasteiger charge is -2.15. The van der Waals surface area contributed by atoms with E-state index in [2.05, 4.69) is 116 Å². The number of hydrogen-bond acceptors (Lipinski definition) is 1. The molecule has 184 valence electrons. The molecule has 4 aromatic carbocycles. The number of furan rings is 1. The van der Waals surface area contributed by atoms with E-state index in [1.165, 1.54) is 55.6 Å². The second kappa shape index (κ2) is 8.34. The van der Waals surface area contributed by atoms with E-state index in [0.29, 0.717) is 11.8 Å². The van der Waals surface area contributed by atoms with E-state index in [0.717, 1.165) is 30.6 Å². The molecule has 0 spiro atoms. The maximum absolute atomic E-state index is 6.82. The largest absolute Gasteiger partial charge is 0.452 e. The van der Waals surface area contributed by atoms with Gasteiger partial charge in [-0.3, -0.25) is 0 Å². The molecule has 0 unspecified atom stereocenters. The minimum atomic E-state index is 0.530. The lowest BCUT2D eigenvalue weighted by molar-refractivity contribution is -0.645. The van der Waals surface area contributed by atoms with Crippen LogP contribution in [-0.4, -0.2) is 4.57 Å². The molecule has 0 radical (unpaired) electrons. The first-order valence-corrected chi connectivity index (χ1v) is 13.6. The maximum atomic E-state index is 6.82. The number of para-hydroxylation sites is 3. The standard InChI is InChI=1S/C34H33N2O/c1-21(2)17-24-19-25(18-22(3)4)32(33-31(24)27-13-7-10-16-30(27)37-33)36-29-15-9-8-14-28(29)35-20-23-11-5-6-12-26(23)34(35)36/h5-16,19,21-22H,17-18,20H2,1-4H3/q+1. The molecule has 0 N–H and O–H groups in total. The molecule has 2 aromatic heterocycles. The van der Waals surface area contributed by atoms with Crippen LogP contribution in [-0.2, 0) is 19.4 Å². The van der Waals surface area contributed by atoms with Crippen molar-refractivity contribution in [2.24, 2.45) is 11.8 Å². The summed E-state index contributed by atoms with van der Waals surface area (Å²) in [5.41, 5.74) is 11.1. The summed E-state index contributed by atoms with van der Waals surface area (Å²) in [7, 11) is 0. The quantitative estimate of drug-likeness (QED) is 0.225. The predicted octanol–water partition coefficient (Wildman–Crippen LogP) is 8.24. The number of hydrogen-bond donors (Lipinski definition) is 0. The van der Waals surface area contributed by atoms with E-state index in [1.54, 1.807) is 0 Å². The SMILES string of the molecule is CC(C)Cc1cc(CC(C)C)c2c(oc3ccccc32)c1-n1c2[n+](c3ccccc31)Cc1ccccc1-2. The minimum Gasteiger partial charge on any atom is -0.452 e. The summed E-state index contributed by atoms with van der Waals surface area (Å²) in [6, 6.07) is 28.7. The predicted molar refractivity (Wildman–Crippen MR) is 152 cm³/mol. The van der Waals surface area contributed by atoms with Crippen LogP contribution in [0, 0.1) is 11.8 Å². The van der Waals surface area contributed by atoms with E-state index < -0.39 is 0 Å². The summed E-state index contributed by atoms with van der Waals surface area (Å²) in [5.74, 6) is 2.34. The van der Waals surface area contributed by atoms with Crippen molar-refractivity contribution in [1.82, 2.24) is 4.57 Å². The first-order chi connectivity index (χ1) is 18.0. The molecule has 0 aliphatic carbocycles. The lowest BCUT2D eigenvalue weighted by atomic mass is 9.91. The van der Waals surface area contributed by atoms with Gasteiger partial charge in [-0.25, -0.2) is 4.57 Å². The van der Waals surface area contributed by atoms with Gasteiger partial charge in [0.1, 0.15) is 12.1 Å². The van der Waals surface area contributed by atoms with Crippen molar-refractivity contribution in [1.29, 1.82) is 0 Å². The third kappa shape index (κ3) is 3.37. The van der Waals surface area contributed by atoms with Gasteiger partial charge in [-0.15, -0.1) is 0 Å². The zero-order valence-electron chi connectivity index (χ0n) is 22.1. The van der Waals surface area contributed by atoms with Crippen LogP contribution in [0.5, 0.6) is 0 Å². The molecule has 0 fully saturated rings. The van der Waals surface area contributed by atoms with Crippen molar-refractivity contribution >= 4 is 33.0 Å². The van der Waals surface area contributed by atoms with Crippen LogP contribution in [0.2, 0.25) is 0 Å². The summed E-state index contributed by atoms with van der Waals surface area (Å²) in [6.45, 7) is 10.1. The van der Waals surface area contributed by atoms with Gasteiger partial charge in [0, 0.05) is 21.9 Å². The molecule has 3 heterocycles. The fourth-order valence-corrected chi connectivity index (χ4v) is 6.40. The zero-order valence-corrected chi connectivity index (χ0v) is 22.1. The molecule has 7 rings (SSSR count). The highest BCUT2D eigenvalue weighted by Gasteiger charge is 2.37. The van der Waals surface area contributed by atoms with Crippen LogP contribution < -0.4 is 4.57 Å². The van der Waals surface area contributed by atoms with Gasteiger partial charge in [0.2, 0.25) is 0 Å². The number of benzene rings is 4. The number of aromatic nitrogens is 2. The molecule has 6 aromatic rings. The monoisotopic (exact) mass is 485 g/mol. The van der Waals surface area contributed by atoms with Gasteiger partial charge in [0.15, 0.2) is 22.3 Å². The van der Waals surface area contributed by atoms with Crippen LogP contribution >= 0.6 is 0 Å². The minimum absolute atomic E-state index is 0.530. The van der Waals surface area contributed by atoms with E-state index >= 15 is 0 Å². The normalized spacial score (nSPS) is 12.9. The Morgan fingerprint density at radius 3 is 2.35 bits per heavy atom. The van der Waals surface area contributed by atoms with Gasteiger partial charge >= 0.3 is 0 Å². The maximum Gasteiger partial charge on any atom is 0.295 e. The summed E-state index contributed by atoms with van der Waals surface area (Å²) >= 11 is 0. The number of imidazole rings is 1. The lowest BCUT2D eigenvalue weighted by Crippen LogP contribution is -2.31. The molecule has 37 heavy (non-hydrogen) atoms. The van der Waals surface area contributed by atoms with Crippen LogP contribution in [0.3, 0.4) is 0 Å². The zero-order chi connectivity index (χ0) is 25.3. The summed E-state index contributed by atoms with van der Waals surface area (Å²) in [5, 5.41) is 2.49. The average molecular weight is 486 g/mol. The third-order valence-electron chi connectivity index (χ3n) is 7.73. The molecular weight excluding hydrogens is 452 g/mol. The first-order valence-electron chi connectivity index (χ1n) is 13.6. The van der Waals surface area contributed by atoms with Crippen LogP contribution in [0.25, 0.3) is 50.0 Å². The Kier molecular flexibility index (Phi) is 5.04. The van der Waals surface area contributed by atoms with E-state index in [4.69, 9.17) is 4.42 Å². The fourth-order valence-electron chi connectivity index (χ4n) is 6.40. The van der Waals surface area contributed by atoms with E-state index in [-0.39, 0.29) is 0 Å². The van der Waals surface area contributed by atoms with Crippen molar-refractivity contribution in [2.45, 2.75) is 47.1 Å².